The summed E-state index contributed by atoms with van der Waals surface area (Å²) in [6.45, 7) is 13.7. The summed E-state index contributed by atoms with van der Waals surface area (Å²) < 4.78 is 0. The maximum absolute atomic E-state index is 6.17. The van der Waals surface area contributed by atoms with Crippen molar-refractivity contribution in [1.29, 1.82) is 0 Å². The van der Waals surface area contributed by atoms with Gasteiger partial charge in [0.1, 0.15) is 0 Å². The summed E-state index contributed by atoms with van der Waals surface area (Å²) in [4.78, 5) is 5.17. The van der Waals surface area contributed by atoms with Crippen LogP contribution >= 0.6 is 0 Å². The third kappa shape index (κ3) is 4.44. The number of hydrogen-bond donors (Lipinski definition) is 1. The van der Waals surface area contributed by atoms with Crippen LogP contribution in [0.25, 0.3) is 0 Å². The lowest BCUT2D eigenvalue weighted by Crippen LogP contribution is -2.60. The summed E-state index contributed by atoms with van der Waals surface area (Å²) >= 11 is 0. The van der Waals surface area contributed by atoms with Crippen LogP contribution < -0.4 is 5.73 Å². The highest BCUT2D eigenvalue weighted by Crippen LogP contribution is 2.30. The van der Waals surface area contributed by atoms with Crippen LogP contribution in [0, 0.1) is 5.92 Å². The van der Waals surface area contributed by atoms with Gasteiger partial charge < -0.3 is 10.6 Å². The summed E-state index contributed by atoms with van der Waals surface area (Å²) in [6, 6.07) is 0.626. The molecule has 0 aliphatic carbocycles. The molecule has 1 atom stereocenters. The highest BCUT2D eigenvalue weighted by molar-refractivity contribution is 4.96. The largest absolute Gasteiger partial charge is 0.329 e. The van der Waals surface area contributed by atoms with Crippen molar-refractivity contribution in [2.75, 3.05) is 33.2 Å². The zero-order chi connectivity index (χ0) is 14.5. The van der Waals surface area contributed by atoms with E-state index in [2.05, 4.69) is 44.5 Å². The molecule has 0 saturated carbocycles. The zero-order valence-corrected chi connectivity index (χ0v) is 13.8. The lowest BCUT2D eigenvalue weighted by Gasteiger charge is -2.49. The summed E-state index contributed by atoms with van der Waals surface area (Å²) in [5.41, 5.74) is 6.40. The number of rotatable bonds is 7. The van der Waals surface area contributed by atoms with E-state index in [0.717, 1.165) is 12.5 Å². The van der Waals surface area contributed by atoms with Gasteiger partial charge in [0, 0.05) is 18.1 Å². The Morgan fingerprint density at radius 1 is 1.21 bits per heavy atom. The molecule has 0 spiro atoms. The van der Waals surface area contributed by atoms with E-state index in [1.54, 1.807) is 0 Å². The van der Waals surface area contributed by atoms with E-state index in [9.17, 15) is 0 Å². The Bertz CT molecular complexity index is 244. The summed E-state index contributed by atoms with van der Waals surface area (Å²) in [6.07, 6.45) is 4.97. The maximum Gasteiger partial charge on any atom is 0.0355 e. The molecule has 1 unspecified atom stereocenters. The average molecular weight is 269 g/mol. The predicted octanol–water partition coefficient (Wildman–Crippen LogP) is 2.56. The second-order valence-corrected chi connectivity index (χ2v) is 6.86. The number of nitrogens with zero attached hydrogens (tertiary/aromatic N) is 2. The molecule has 0 aromatic rings. The van der Waals surface area contributed by atoms with Crippen molar-refractivity contribution in [3.63, 3.8) is 0 Å². The van der Waals surface area contributed by atoms with Crippen LogP contribution in [0.15, 0.2) is 0 Å². The van der Waals surface area contributed by atoms with Gasteiger partial charge in [0.15, 0.2) is 0 Å². The first-order valence-corrected chi connectivity index (χ1v) is 8.10. The molecule has 1 rings (SSSR count). The minimum Gasteiger partial charge on any atom is -0.329 e. The van der Waals surface area contributed by atoms with E-state index in [-0.39, 0.29) is 5.54 Å². The minimum absolute atomic E-state index is 0.235. The molecule has 0 aromatic heterocycles. The van der Waals surface area contributed by atoms with Gasteiger partial charge in [-0.2, -0.15) is 0 Å². The van der Waals surface area contributed by atoms with Crippen molar-refractivity contribution in [3.8, 4) is 0 Å². The SMILES string of the molecule is CCCN1CCC(CN)(N(C)C(C)CC(C)C)CC1. The third-order valence-corrected chi connectivity index (χ3v) is 4.93. The topological polar surface area (TPSA) is 32.5 Å². The van der Waals surface area contributed by atoms with Crippen LogP contribution in [0.1, 0.15) is 53.4 Å². The molecule has 1 aliphatic rings. The zero-order valence-electron chi connectivity index (χ0n) is 13.8. The maximum atomic E-state index is 6.17. The highest BCUT2D eigenvalue weighted by Gasteiger charge is 2.38. The molecule has 19 heavy (non-hydrogen) atoms. The quantitative estimate of drug-likeness (QED) is 0.771. The van der Waals surface area contributed by atoms with Crippen molar-refractivity contribution < 1.29 is 0 Å². The summed E-state index contributed by atoms with van der Waals surface area (Å²) in [7, 11) is 2.29. The lowest BCUT2D eigenvalue weighted by molar-refractivity contribution is 0.0158. The molecule has 1 aliphatic heterocycles. The van der Waals surface area contributed by atoms with Crippen molar-refractivity contribution in [3.05, 3.63) is 0 Å². The minimum atomic E-state index is 0.235. The Morgan fingerprint density at radius 2 is 1.79 bits per heavy atom. The molecule has 1 fully saturated rings. The van der Waals surface area contributed by atoms with E-state index in [4.69, 9.17) is 5.73 Å². The van der Waals surface area contributed by atoms with E-state index >= 15 is 0 Å². The van der Waals surface area contributed by atoms with Crippen molar-refractivity contribution in [2.45, 2.75) is 65.0 Å². The van der Waals surface area contributed by atoms with E-state index in [1.807, 2.05) is 0 Å². The molecular formula is C16H35N3. The van der Waals surface area contributed by atoms with Crippen molar-refractivity contribution >= 4 is 0 Å². The fourth-order valence-electron chi connectivity index (χ4n) is 3.52. The standard InChI is InChI=1S/C16H35N3/c1-6-9-19-10-7-16(13-17,8-11-19)18(5)15(4)12-14(2)3/h14-15H,6-13,17H2,1-5H3. The van der Waals surface area contributed by atoms with Gasteiger partial charge in [-0.1, -0.05) is 20.8 Å². The first-order chi connectivity index (χ1) is 8.95. The smallest absolute Gasteiger partial charge is 0.0355 e. The second kappa shape index (κ2) is 7.61. The molecule has 1 heterocycles. The van der Waals surface area contributed by atoms with Crippen molar-refractivity contribution in [1.82, 2.24) is 9.80 Å². The molecule has 0 amide bonds. The van der Waals surface area contributed by atoms with Gasteiger partial charge in [0.2, 0.25) is 0 Å². The Balaban J connectivity index is 2.61. The van der Waals surface area contributed by atoms with E-state index in [1.165, 1.54) is 45.3 Å². The molecule has 3 heteroatoms. The molecule has 3 nitrogen and oxygen atoms in total. The number of hydrogen-bond acceptors (Lipinski definition) is 3. The fourth-order valence-corrected chi connectivity index (χ4v) is 3.52. The second-order valence-electron chi connectivity index (χ2n) is 6.86. The molecule has 0 aromatic carbocycles. The first-order valence-electron chi connectivity index (χ1n) is 8.10. The lowest BCUT2D eigenvalue weighted by atomic mass is 9.84. The van der Waals surface area contributed by atoms with Gasteiger partial charge in [-0.05, 0) is 65.2 Å². The van der Waals surface area contributed by atoms with Gasteiger partial charge in [0.25, 0.3) is 0 Å². The normalized spacial score (nSPS) is 22.1. The predicted molar refractivity (Wildman–Crippen MR) is 84.4 cm³/mol. The molecule has 1 saturated heterocycles. The third-order valence-electron chi connectivity index (χ3n) is 4.93. The Labute approximate surface area is 120 Å². The van der Waals surface area contributed by atoms with Gasteiger partial charge in [-0.25, -0.2) is 0 Å². The average Bonchev–Trinajstić information content (AvgIpc) is 2.38. The van der Waals surface area contributed by atoms with Crippen LogP contribution in [-0.4, -0.2) is 54.6 Å². The van der Waals surface area contributed by atoms with Crippen LogP contribution in [-0.2, 0) is 0 Å². The van der Waals surface area contributed by atoms with E-state index < -0.39 is 0 Å². The Morgan fingerprint density at radius 3 is 2.21 bits per heavy atom. The van der Waals surface area contributed by atoms with Gasteiger partial charge >= 0.3 is 0 Å². The molecule has 2 N–H and O–H groups in total. The highest BCUT2D eigenvalue weighted by atomic mass is 15.2. The molecule has 114 valence electrons. The molecular weight excluding hydrogens is 234 g/mol. The number of piperidine rings is 1. The van der Waals surface area contributed by atoms with Gasteiger partial charge in [-0.3, -0.25) is 4.90 Å². The monoisotopic (exact) mass is 269 g/mol. The Hall–Kier alpha value is -0.120. The van der Waals surface area contributed by atoms with E-state index in [0.29, 0.717) is 6.04 Å². The number of likely N-dealkylation sites (tertiary alicyclic amines) is 1. The van der Waals surface area contributed by atoms with Crippen LogP contribution in [0.5, 0.6) is 0 Å². The van der Waals surface area contributed by atoms with Crippen LogP contribution in [0.4, 0.5) is 0 Å². The first kappa shape index (κ1) is 16.9. The fraction of sp³-hybridized carbons (Fsp3) is 1.00. The summed E-state index contributed by atoms with van der Waals surface area (Å²) in [5.74, 6) is 0.757. The van der Waals surface area contributed by atoms with Crippen LogP contribution in [0.3, 0.4) is 0 Å². The summed E-state index contributed by atoms with van der Waals surface area (Å²) in [5, 5.41) is 0. The molecule has 0 radical (unpaired) electrons. The van der Waals surface area contributed by atoms with Crippen molar-refractivity contribution in [2.24, 2.45) is 11.7 Å². The number of nitrogens with two attached hydrogens (primary N) is 1. The van der Waals surface area contributed by atoms with Gasteiger partial charge in [-0.15, -0.1) is 0 Å². The molecule has 0 bridgehead atoms. The Kier molecular flexibility index (Phi) is 6.78. The van der Waals surface area contributed by atoms with Gasteiger partial charge in [0.05, 0.1) is 0 Å². The van der Waals surface area contributed by atoms with Crippen LogP contribution in [0.2, 0.25) is 0 Å². The number of likely N-dealkylation sites (N-methyl/N-ethyl adjacent to an activating group) is 1.